The predicted molar refractivity (Wildman–Crippen MR) is 76.8 cm³/mol. The standard InChI is InChI=1S/C12H22N4O7/c1-15(12(13)14)7-10(20)22-23-11(21)8(6-9(18)19)16(2,3)4-5-17/h8,17H,4-7H2,1-3H3,(H3-,13,14,18,19)/p+1. The fourth-order valence-electron chi connectivity index (χ4n) is 1.64. The van der Waals surface area contributed by atoms with Crippen molar-refractivity contribution in [2.24, 2.45) is 5.73 Å². The highest BCUT2D eigenvalue weighted by Gasteiger charge is 2.39. The largest absolute Gasteiger partial charge is 0.481 e. The molecule has 0 aliphatic carbocycles. The summed E-state index contributed by atoms with van der Waals surface area (Å²) in [6, 6.07) is -1.17. The number of carboxylic acid groups (broad SMARTS) is 1. The van der Waals surface area contributed by atoms with Crippen LogP contribution in [0.25, 0.3) is 0 Å². The number of carbonyl (C=O) groups excluding carboxylic acids is 2. The van der Waals surface area contributed by atoms with Crippen molar-refractivity contribution in [1.29, 1.82) is 5.41 Å². The Balaban J connectivity index is 4.76. The van der Waals surface area contributed by atoms with Gasteiger partial charge in [0.15, 0.2) is 5.96 Å². The topological polar surface area (TPSA) is 163 Å². The lowest BCUT2D eigenvalue weighted by atomic mass is 10.1. The van der Waals surface area contributed by atoms with Crippen LogP contribution < -0.4 is 5.73 Å². The first-order valence-electron chi connectivity index (χ1n) is 6.63. The molecule has 1 atom stereocenters. The molecule has 0 saturated carbocycles. The Kier molecular flexibility index (Phi) is 7.97. The van der Waals surface area contributed by atoms with E-state index in [1.54, 1.807) is 0 Å². The third kappa shape index (κ3) is 7.42. The molecular formula is C12H23N4O7+. The Morgan fingerprint density at radius 1 is 1.30 bits per heavy atom. The second kappa shape index (κ2) is 8.90. The summed E-state index contributed by atoms with van der Waals surface area (Å²) in [6.07, 6.45) is -0.559. The zero-order chi connectivity index (χ0) is 18.2. The van der Waals surface area contributed by atoms with Crippen LogP contribution >= 0.6 is 0 Å². The quantitative estimate of drug-likeness (QED) is 0.126. The van der Waals surface area contributed by atoms with Crippen LogP contribution in [0, 0.1) is 5.41 Å². The van der Waals surface area contributed by atoms with E-state index in [1.807, 2.05) is 0 Å². The predicted octanol–water partition coefficient (Wildman–Crippen LogP) is -2.27. The SMILES string of the molecule is CN(CC(=O)OOC(=O)C(CC(=O)O)[N+](C)(C)CCO)C(=N)N. The molecule has 5 N–H and O–H groups in total. The fraction of sp³-hybridized carbons (Fsp3) is 0.667. The number of aliphatic carboxylic acids is 1. The van der Waals surface area contributed by atoms with E-state index in [0.29, 0.717) is 0 Å². The first-order valence-corrected chi connectivity index (χ1v) is 6.63. The van der Waals surface area contributed by atoms with E-state index >= 15 is 0 Å². The van der Waals surface area contributed by atoms with E-state index < -0.39 is 36.9 Å². The Morgan fingerprint density at radius 2 is 1.87 bits per heavy atom. The lowest BCUT2D eigenvalue weighted by Crippen LogP contribution is -2.55. The number of likely N-dealkylation sites (N-methyl/N-ethyl adjacent to an activating group) is 2. The van der Waals surface area contributed by atoms with Gasteiger partial charge < -0.3 is 25.3 Å². The summed E-state index contributed by atoms with van der Waals surface area (Å²) >= 11 is 0. The average molecular weight is 335 g/mol. The van der Waals surface area contributed by atoms with Gasteiger partial charge in [0.25, 0.3) is 0 Å². The van der Waals surface area contributed by atoms with Crippen LogP contribution in [-0.4, -0.2) is 90.3 Å². The summed E-state index contributed by atoms with van der Waals surface area (Å²) < 4.78 is -0.160. The van der Waals surface area contributed by atoms with Crippen molar-refractivity contribution in [3.8, 4) is 0 Å². The maximum absolute atomic E-state index is 12.0. The number of guanidine groups is 1. The molecule has 11 nitrogen and oxygen atoms in total. The van der Waals surface area contributed by atoms with E-state index in [1.165, 1.54) is 21.1 Å². The van der Waals surface area contributed by atoms with Crippen LogP contribution in [0.3, 0.4) is 0 Å². The van der Waals surface area contributed by atoms with Gasteiger partial charge in [-0.3, -0.25) is 10.2 Å². The van der Waals surface area contributed by atoms with Crippen LogP contribution in [-0.2, 0) is 24.2 Å². The van der Waals surface area contributed by atoms with Crippen molar-refractivity contribution in [2.45, 2.75) is 12.5 Å². The highest BCUT2D eigenvalue weighted by atomic mass is 17.2. The number of hydrogen-bond donors (Lipinski definition) is 4. The smallest absolute Gasteiger partial charge is 0.412 e. The Labute approximate surface area is 133 Å². The van der Waals surface area contributed by atoms with Gasteiger partial charge in [0.05, 0.1) is 20.7 Å². The molecule has 0 fully saturated rings. The van der Waals surface area contributed by atoms with Crippen molar-refractivity contribution in [3.63, 3.8) is 0 Å². The summed E-state index contributed by atoms with van der Waals surface area (Å²) in [7, 11) is 4.44. The molecule has 0 heterocycles. The number of nitrogens with zero attached hydrogens (tertiary/aromatic N) is 2. The number of carbonyl (C=O) groups is 3. The maximum atomic E-state index is 12.0. The van der Waals surface area contributed by atoms with E-state index in [2.05, 4.69) is 9.78 Å². The zero-order valence-electron chi connectivity index (χ0n) is 13.3. The lowest BCUT2D eigenvalue weighted by molar-refractivity contribution is -0.906. The van der Waals surface area contributed by atoms with Gasteiger partial charge in [0, 0.05) is 7.05 Å². The van der Waals surface area contributed by atoms with Crippen LogP contribution in [0.1, 0.15) is 6.42 Å². The summed E-state index contributed by atoms with van der Waals surface area (Å²) in [5.41, 5.74) is 5.14. The van der Waals surface area contributed by atoms with Gasteiger partial charge in [0.1, 0.15) is 19.5 Å². The number of aliphatic hydroxyl groups excluding tert-OH is 1. The molecular weight excluding hydrogens is 312 g/mol. The third-order valence-electron chi connectivity index (χ3n) is 3.15. The van der Waals surface area contributed by atoms with Gasteiger partial charge in [-0.1, -0.05) is 0 Å². The van der Waals surface area contributed by atoms with E-state index in [9.17, 15) is 14.4 Å². The number of quaternary nitrogens is 1. The minimum absolute atomic E-state index is 0.105. The highest BCUT2D eigenvalue weighted by molar-refractivity contribution is 5.83. The number of hydrogen-bond acceptors (Lipinski definition) is 7. The normalized spacial score (nSPS) is 12.2. The molecule has 0 amide bonds. The maximum Gasteiger partial charge on any atom is 0.412 e. The minimum atomic E-state index is -1.24. The molecule has 23 heavy (non-hydrogen) atoms. The summed E-state index contributed by atoms with van der Waals surface area (Å²) in [5.74, 6) is -3.64. The van der Waals surface area contributed by atoms with Gasteiger partial charge in [-0.05, 0) is 0 Å². The number of nitrogens with one attached hydrogen (secondary N) is 1. The van der Waals surface area contributed by atoms with Crippen molar-refractivity contribution in [2.75, 3.05) is 40.8 Å². The monoisotopic (exact) mass is 335 g/mol. The van der Waals surface area contributed by atoms with Gasteiger partial charge >= 0.3 is 17.9 Å². The molecule has 0 bridgehead atoms. The highest BCUT2D eigenvalue weighted by Crippen LogP contribution is 2.13. The summed E-state index contributed by atoms with van der Waals surface area (Å²) in [4.78, 5) is 44.1. The molecule has 0 saturated heterocycles. The fourth-order valence-corrected chi connectivity index (χ4v) is 1.64. The van der Waals surface area contributed by atoms with E-state index in [4.69, 9.17) is 21.4 Å². The summed E-state index contributed by atoms with van der Waals surface area (Å²) in [6.45, 7) is -0.575. The molecule has 0 rings (SSSR count). The van der Waals surface area contributed by atoms with Crippen LogP contribution in [0.5, 0.6) is 0 Å². The molecule has 0 aliphatic rings. The van der Waals surface area contributed by atoms with Gasteiger partial charge in [-0.15, -0.1) is 0 Å². The average Bonchev–Trinajstić information content (AvgIpc) is 2.41. The minimum Gasteiger partial charge on any atom is -0.481 e. The van der Waals surface area contributed by atoms with Gasteiger partial charge in [0.2, 0.25) is 6.04 Å². The first-order chi connectivity index (χ1) is 10.5. The number of rotatable bonds is 8. The second-order valence-corrected chi connectivity index (χ2v) is 5.44. The molecule has 0 aromatic rings. The molecule has 0 spiro atoms. The molecule has 0 radical (unpaired) electrons. The van der Waals surface area contributed by atoms with E-state index in [-0.39, 0.29) is 23.6 Å². The first kappa shape index (κ1) is 20.6. The van der Waals surface area contributed by atoms with Crippen molar-refractivity contribution < 1.29 is 38.9 Å². The molecule has 0 aromatic carbocycles. The van der Waals surface area contributed by atoms with Gasteiger partial charge in [-0.25, -0.2) is 19.4 Å². The molecule has 0 aliphatic heterocycles. The Hall–Kier alpha value is -2.40. The zero-order valence-corrected chi connectivity index (χ0v) is 13.3. The van der Waals surface area contributed by atoms with Crippen LogP contribution in [0.15, 0.2) is 0 Å². The number of aliphatic hydroxyl groups is 1. The molecule has 0 aromatic heterocycles. The molecule has 11 heteroatoms. The molecule has 1 unspecified atom stereocenters. The number of nitrogens with two attached hydrogens (primary N) is 1. The van der Waals surface area contributed by atoms with Crippen LogP contribution in [0.2, 0.25) is 0 Å². The Bertz CT molecular complexity index is 466. The Morgan fingerprint density at radius 3 is 2.30 bits per heavy atom. The van der Waals surface area contributed by atoms with Crippen LogP contribution in [0.4, 0.5) is 0 Å². The lowest BCUT2D eigenvalue weighted by Gasteiger charge is -2.34. The van der Waals surface area contributed by atoms with Crippen molar-refractivity contribution in [1.82, 2.24) is 4.90 Å². The third-order valence-corrected chi connectivity index (χ3v) is 3.15. The second-order valence-electron chi connectivity index (χ2n) is 5.44. The summed E-state index contributed by atoms with van der Waals surface area (Å²) in [5, 5.41) is 25.0. The molecule has 132 valence electrons. The van der Waals surface area contributed by atoms with Crippen molar-refractivity contribution in [3.05, 3.63) is 0 Å². The van der Waals surface area contributed by atoms with Crippen molar-refractivity contribution >= 4 is 23.9 Å². The van der Waals surface area contributed by atoms with E-state index in [0.717, 1.165) is 4.90 Å². The number of carboxylic acids is 1. The van der Waals surface area contributed by atoms with Gasteiger partial charge in [-0.2, -0.15) is 0 Å².